The predicted octanol–water partition coefficient (Wildman–Crippen LogP) is 1.62. The minimum absolute atomic E-state index is 0.912. The third kappa shape index (κ3) is 9.48. The third-order valence-electron chi connectivity index (χ3n) is 2.17. The molecule has 0 aliphatic carbocycles. The van der Waals surface area contributed by atoms with Crippen molar-refractivity contribution in [3.8, 4) is 0 Å². The van der Waals surface area contributed by atoms with Crippen LogP contribution in [-0.4, -0.2) is 21.6 Å². The van der Waals surface area contributed by atoms with Crippen molar-refractivity contribution in [3.63, 3.8) is 0 Å². The third-order valence-corrected chi connectivity index (χ3v) is 2.17. The molecular formula is C10H22BNO. The zero-order valence-corrected chi connectivity index (χ0v) is 9.07. The van der Waals surface area contributed by atoms with Gasteiger partial charge in [-0.25, -0.2) is 0 Å². The molecule has 0 heterocycles. The molecule has 0 fully saturated rings. The first-order valence-corrected chi connectivity index (χ1v) is 5.17. The molecule has 13 heavy (non-hydrogen) atoms. The van der Waals surface area contributed by atoms with Gasteiger partial charge in [0.2, 0.25) is 0 Å². The van der Waals surface area contributed by atoms with Crippen molar-refractivity contribution in [2.24, 2.45) is 0 Å². The minimum Gasteiger partial charge on any atom is -0.502 e. The monoisotopic (exact) mass is 183 g/mol. The van der Waals surface area contributed by atoms with Crippen molar-refractivity contribution in [1.82, 2.24) is 5.23 Å². The highest BCUT2D eigenvalue weighted by atomic mass is 16.5. The van der Waals surface area contributed by atoms with E-state index in [2.05, 4.69) is 11.8 Å². The second kappa shape index (κ2) is 9.65. The quantitative estimate of drug-likeness (QED) is 0.333. The lowest BCUT2D eigenvalue weighted by molar-refractivity contribution is 0.276. The van der Waals surface area contributed by atoms with E-state index in [1.54, 1.807) is 7.11 Å². The van der Waals surface area contributed by atoms with Crippen LogP contribution in [0.25, 0.3) is 0 Å². The van der Waals surface area contributed by atoms with Gasteiger partial charge in [-0.1, -0.05) is 25.8 Å². The first kappa shape index (κ1) is 12.6. The van der Waals surface area contributed by atoms with Crippen LogP contribution in [0.15, 0.2) is 12.3 Å². The fourth-order valence-electron chi connectivity index (χ4n) is 1.26. The zero-order chi connectivity index (χ0) is 9.94. The number of unbranched alkanes of at least 4 members (excludes halogenated alkanes) is 4. The molecule has 0 saturated carbocycles. The molecule has 0 radical (unpaired) electrons. The molecule has 0 amide bonds. The van der Waals surface area contributed by atoms with Gasteiger partial charge in [0.15, 0.2) is 7.98 Å². The van der Waals surface area contributed by atoms with Gasteiger partial charge in [-0.15, -0.1) is 0 Å². The maximum Gasteiger partial charge on any atom is 0.181 e. The molecule has 0 aromatic carbocycles. The summed E-state index contributed by atoms with van der Waals surface area (Å²) in [7, 11) is 3.69. The van der Waals surface area contributed by atoms with Gasteiger partial charge >= 0.3 is 0 Å². The summed E-state index contributed by atoms with van der Waals surface area (Å²) in [5.41, 5.74) is 0. The Labute approximate surface area is 83.2 Å². The molecule has 0 rings (SSSR count). The van der Waals surface area contributed by atoms with Gasteiger partial charge < -0.3 is 9.96 Å². The Morgan fingerprint density at radius 1 is 1.23 bits per heavy atom. The normalized spacial score (nSPS) is 9.92. The summed E-state index contributed by atoms with van der Waals surface area (Å²) in [6.07, 6.45) is 7.49. The Morgan fingerprint density at radius 3 is 2.46 bits per heavy atom. The van der Waals surface area contributed by atoms with Gasteiger partial charge in [-0.3, -0.25) is 0 Å². The van der Waals surface area contributed by atoms with Gasteiger partial charge in [-0.2, -0.15) is 0 Å². The fraction of sp³-hybridized carbons (Fsp3) is 0.800. The van der Waals surface area contributed by atoms with Crippen LogP contribution in [0.3, 0.4) is 0 Å². The molecule has 0 bridgehead atoms. The number of methoxy groups -OCH3 is 1. The molecule has 3 heteroatoms. The number of hydrogen-bond donors (Lipinski definition) is 1. The minimum atomic E-state index is 0.912. The molecule has 0 spiro atoms. The number of hydrogen-bond acceptors (Lipinski definition) is 2. The molecular weight excluding hydrogens is 161 g/mol. The van der Waals surface area contributed by atoms with E-state index in [0.717, 1.165) is 18.7 Å². The van der Waals surface area contributed by atoms with Crippen molar-refractivity contribution >= 4 is 7.98 Å². The maximum absolute atomic E-state index is 4.99. The van der Waals surface area contributed by atoms with Crippen LogP contribution >= 0.6 is 0 Å². The summed E-state index contributed by atoms with van der Waals surface area (Å²) in [6.45, 7) is 4.93. The Hall–Kier alpha value is -0.435. The lowest BCUT2D eigenvalue weighted by Crippen LogP contribution is -2.09. The molecule has 0 saturated heterocycles. The summed E-state index contributed by atoms with van der Waals surface area (Å²) in [6, 6.07) is 0. The van der Waals surface area contributed by atoms with E-state index in [1.807, 2.05) is 7.98 Å². The number of rotatable bonds is 9. The van der Waals surface area contributed by atoms with Gasteiger partial charge in [0, 0.05) is 6.42 Å². The van der Waals surface area contributed by atoms with Crippen molar-refractivity contribution in [3.05, 3.63) is 12.3 Å². The van der Waals surface area contributed by atoms with Gasteiger partial charge in [-0.05, 0) is 19.4 Å². The van der Waals surface area contributed by atoms with E-state index in [4.69, 9.17) is 4.74 Å². The van der Waals surface area contributed by atoms with Gasteiger partial charge in [0.25, 0.3) is 0 Å². The summed E-state index contributed by atoms with van der Waals surface area (Å²) >= 11 is 0. The highest BCUT2D eigenvalue weighted by Crippen LogP contribution is 2.09. The topological polar surface area (TPSA) is 21.3 Å². The molecule has 0 atom stereocenters. The zero-order valence-electron chi connectivity index (χ0n) is 9.07. The summed E-state index contributed by atoms with van der Waals surface area (Å²) in [5, 5.41) is 3.15. The van der Waals surface area contributed by atoms with Crippen molar-refractivity contribution in [2.75, 3.05) is 13.7 Å². The molecule has 2 nitrogen and oxygen atoms in total. The number of allylic oxidation sites excluding steroid dienone is 1. The standard InChI is InChI=1S/C10H22BNO/c1-10(13-2)8-6-4-3-5-7-9-12-11/h12H,1,3-9,11H2,2H3. The van der Waals surface area contributed by atoms with Crippen LogP contribution in [0, 0.1) is 0 Å². The van der Waals surface area contributed by atoms with Crippen LogP contribution < -0.4 is 5.23 Å². The highest BCUT2D eigenvalue weighted by Gasteiger charge is 1.93. The summed E-state index contributed by atoms with van der Waals surface area (Å²) in [5.74, 6) is 0.912. The van der Waals surface area contributed by atoms with Crippen molar-refractivity contribution in [1.29, 1.82) is 0 Å². The van der Waals surface area contributed by atoms with Crippen molar-refractivity contribution in [2.45, 2.75) is 38.5 Å². The van der Waals surface area contributed by atoms with Crippen LogP contribution in [0.5, 0.6) is 0 Å². The van der Waals surface area contributed by atoms with Gasteiger partial charge in [0.05, 0.1) is 12.9 Å². The first-order chi connectivity index (χ1) is 6.31. The van der Waals surface area contributed by atoms with Gasteiger partial charge in [0.1, 0.15) is 0 Å². The molecule has 0 aromatic heterocycles. The van der Waals surface area contributed by atoms with E-state index in [-0.39, 0.29) is 0 Å². The Kier molecular flexibility index (Phi) is 9.33. The lowest BCUT2D eigenvalue weighted by Gasteiger charge is -2.03. The maximum atomic E-state index is 4.99. The second-order valence-corrected chi connectivity index (χ2v) is 3.36. The first-order valence-electron chi connectivity index (χ1n) is 5.17. The van der Waals surface area contributed by atoms with Crippen LogP contribution in [0.2, 0.25) is 0 Å². The largest absolute Gasteiger partial charge is 0.502 e. The highest BCUT2D eigenvalue weighted by molar-refractivity contribution is 6.04. The Bertz CT molecular complexity index is 128. The van der Waals surface area contributed by atoms with E-state index in [0.29, 0.717) is 0 Å². The number of ether oxygens (including phenoxy) is 1. The molecule has 76 valence electrons. The summed E-state index contributed by atoms with van der Waals surface area (Å²) < 4.78 is 4.99. The molecule has 0 aliphatic heterocycles. The Balaban J connectivity index is 2.95. The van der Waals surface area contributed by atoms with E-state index < -0.39 is 0 Å². The SMILES string of the molecule is BNCCCCCCCC(=C)OC. The van der Waals surface area contributed by atoms with E-state index >= 15 is 0 Å². The Morgan fingerprint density at radius 2 is 1.85 bits per heavy atom. The van der Waals surface area contributed by atoms with Crippen molar-refractivity contribution < 1.29 is 4.74 Å². The second-order valence-electron chi connectivity index (χ2n) is 3.36. The van der Waals surface area contributed by atoms with Crippen LogP contribution in [-0.2, 0) is 4.74 Å². The van der Waals surface area contributed by atoms with Crippen LogP contribution in [0.1, 0.15) is 38.5 Å². The van der Waals surface area contributed by atoms with E-state index in [9.17, 15) is 0 Å². The lowest BCUT2D eigenvalue weighted by atomic mass is 10.1. The molecule has 1 N–H and O–H groups in total. The average molecular weight is 183 g/mol. The van der Waals surface area contributed by atoms with E-state index in [1.165, 1.54) is 32.1 Å². The fourth-order valence-corrected chi connectivity index (χ4v) is 1.26. The summed E-state index contributed by atoms with van der Waals surface area (Å²) in [4.78, 5) is 0. The van der Waals surface area contributed by atoms with Crippen LogP contribution in [0.4, 0.5) is 0 Å². The molecule has 0 aliphatic rings. The molecule has 0 aromatic rings. The predicted molar refractivity (Wildman–Crippen MR) is 60.4 cm³/mol. The molecule has 0 unspecified atom stereocenters. The smallest absolute Gasteiger partial charge is 0.181 e. The average Bonchev–Trinajstić information content (AvgIpc) is 2.16. The number of nitrogens with one attached hydrogen (secondary N) is 1.